The van der Waals surface area contributed by atoms with Crippen LogP contribution >= 0.6 is 0 Å². The molecule has 0 unspecified atom stereocenters. The Hall–Kier alpha value is -2.06. The average molecular weight is 358 g/mol. The molecule has 2 aromatic heterocycles. The first kappa shape index (κ1) is 17.4. The molecule has 0 aromatic carbocycles. The van der Waals surface area contributed by atoms with Crippen molar-refractivity contribution in [3.8, 4) is 0 Å². The van der Waals surface area contributed by atoms with Gasteiger partial charge in [-0.15, -0.1) is 5.10 Å². The van der Waals surface area contributed by atoms with Crippen molar-refractivity contribution in [3.63, 3.8) is 0 Å². The van der Waals surface area contributed by atoms with E-state index in [0.29, 0.717) is 11.7 Å². The van der Waals surface area contributed by atoms with Gasteiger partial charge < -0.3 is 9.64 Å². The molecule has 1 amide bonds. The predicted molar refractivity (Wildman–Crippen MR) is 96.1 cm³/mol. The Morgan fingerprint density at radius 2 is 1.88 bits per heavy atom. The summed E-state index contributed by atoms with van der Waals surface area (Å²) in [6, 6.07) is 1.94. The molecule has 8 heteroatoms. The van der Waals surface area contributed by atoms with E-state index in [-0.39, 0.29) is 11.7 Å². The lowest BCUT2D eigenvalue weighted by molar-refractivity contribution is 0.0242. The molecule has 2 aliphatic rings. The van der Waals surface area contributed by atoms with Crippen LogP contribution in [-0.4, -0.2) is 81.2 Å². The van der Waals surface area contributed by atoms with E-state index < -0.39 is 0 Å². The van der Waals surface area contributed by atoms with Gasteiger partial charge in [0, 0.05) is 44.1 Å². The van der Waals surface area contributed by atoms with Crippen LogP contribution in [-0.2, 0) is 4.74 Å². The number of hydrogen-bond acceptors (Lipinski definition) is 6. The molecule has 0 atom stereocenters. The molecular weight excluding hydrogens is 332 g/mol. The molecule has 2 saturated heterocycles. The lowest BCUT2D eigenvalue weighted by Gasteiger charge is -2.35. The van der Waals surface area contributed by atoms with Crippen molar-refractivity contribution in [1.29, 1.82) is 0 Å². The number of aromatic nitrogens is 4. The third-order valence-electron chi connectivity index (χ3n) is 5.33. The molecule has 0 spiro atoms. The van der Waals surface area contributed by atoms with Gasteiger partial charge in [-0.2, -0.15) is 4.98 Å². The Morgan fingerprint density at radius 3 is 2.62 bits per heavy atom. The standard InChI is InChI=1S/C18H26N6O2/c1-13-11-14(2)24-18(19-13)20-16(21-24)17(25)23-5-3-15(4-6-23)12-22-7-9-26-10-8-22/h11,15H,3-10,12H2,1-2H3. The second kappa shape index (κ2) is 7.28. The Labute approximate surface area is 153 Å². The number of aryl methyl sites for hydroxylation is 2. The van der Waals surface area contributed by atoms with Crippen molar-refractivity contribution in [1.82, 2.24) is 29.4 Å². The van der Waals surface area contributed by atoms with Crippen LogP contribution in [0, 0.1) is 19.8 Å². The minimum absolute atomic E-state index is 0.0858. The van der Waals surface area contributed by atoms with Gasteiger partial charge in [-0.1, -0.05) is 0 Å². The number of carbonyl (C=O) groups is 1. The van der Waals surface area contributed by atoms with E-state index in [1.165, 1.54) is 0 Å². The maximum absolute atomic E-state index is 12.8. The van der Waals surface area contributed by atoms with Crippen molar-refractivity contribution < 1.29 is 9.53 Å². The quantitative estimate of drug-likeness (QED) is 0.812. The fourth-order valence-electron chi connectivity index (χ4n) is 3.87. The first-order valence-corrected chi connectivity index (χ1v) is 9.40. The number of carbonyl (C=O) groups excluding carboxylic acids is 1. The normalized spacial score (nSPS) is 20.0. The summed E-state index contributed by atoms with van der Waals surface area (Å²) in [4.78, 5) is 25.9. The minimum Gasteiger partial charge on any atom is -0.379 e. The molecule has 0 N–H and O–H groups in total. The van der Waals surface area contributed by atoms with E-state index in [4.69, 9.17) is 4.74 Å². The molecular formula is C18H26N6O2. The van der Waals surface area contributed by atoms with E-state index in [1.807, 2.05) is 24.8 Å². The number of fused-ring (bicyclic) bond motifs is 1. The first-order chi connectivity index (χ1) is 12.6. The Kier molecular flexibility index (Phi) is 4.86. The zero-order valence-electron chi connectivity index (χ0n) is 15.5. The minimum atomic E-state index is -0.0858. The summed E-state index contributed by atoms with van der Waals surface area (Å²) in [7, 11) is 0. The number of rotatable bonds is 3. The lowest BCUT2D eigenvalue weighted by Crippen LogP contribution is -2.44. The van der Waals surface area contributed by atoms with E-state index >= 15 is 0 Å². The lowest BCUT2D eigenvalue weighted by atomic mass is 9.96. The maximum Gasteiger partial charge on any atom is 0.293 e. The summed E-state index contributed by atoms with van der Waals surface area (Å²) in [6.45, 7) is 10.2. The molecule has 26 heavy (non-hydrogen) atoms. The van der Waals surface area contributed by atoms with Gasteiger partial charge in [0.05, 0.1) is 13.2 Å². The summed E-state index contributed by atoms with van der Waals surface area (Å²) in [5.41, 5.74) is 1.81. The highest BCUT2D eigenvalue weighted by atomic mass is 16.5. The molecule has 2 aliphatic heterocycles. The van der Waals surface area contributed by atoms with Gasteiger partial charge in [0.2, 0.25) is 5.82 Å². The SMILES string of the molecule is Cc1cc(C)n2nc(C(=O)N3CCC(CN4CCOCC4)CC3)nc2n1. The summed E-state index contributed by atoms with van der Waals surface area (Å²) in [5.74, 6) is 1.31. The second-order valence-corrected chi connectivity index (χ2v) is 7.33. The zero-order valence-corrected chi connectivity index (χ0v) is 15.5. The molecule has 0 radical (unpaired) electrons. The van der Waals surface area contributed by atoms with Crippen LogP contribution in [0.3, 0.4) is 0 Å². The number of morpholine rings is 1. The van der Waals surface area contributed by atoms with Crippen molar-refractivity contribution >= 4 is 11.7 Å². The van der Waals surface area contributed by atoms with Gasteiger partial charge in [0.1, 0.15) is 0 Å². The number of likely N-dealkylation sites (tertiary alicyclic amines) is 1. The van der Waals surface area contributed by atoms with Crippen LogP contribution in [0.4, 0.5) is 0 Å². The Bertz CT molecular complexity index is 790. The number of amides is 1. The third kappa shape index (κ3) is 3.57. The van der Waals surface area contributed by atoms with Crippen LogP contribution in [0.5, 0.6) is 0 Å². The highest BCUT2D eigenvalue weighted by molar-refractivity contribution is 5.90. The molecule has 4 rings (SSSR count). The first-order valence-electron chi connectivity index (χ1n) is 9.40. The van der Waals surface area contributed by atoms with Crippen molar-refractivity contribution in [2.75, 3.05) is 45.9 Å². The molecule has 4 heterocycles. The van der Waals surface area contributed by atoms with E-state index in [9.17, 15) is 4.79 Å². The summed E-state index contributed by atoms with van der Waals surface area (Å²) >= 11 is 0. The van der Waals surface area contributed by atoms with E-state index in [1.54, 1.807) is 4.52 Å². The van der Waals surface area contributed by atoms with Gasteiger partial charge in [-0.25, -0.2) is 9.50 Å². The van der Waals surface area contributed by atoms with E-state index in [2.05, 4.69) is 20.0 Å². The molecule has 0 aliphatic carbocycles. The van der Waals surface area contributed by atoms with Crippen LogP contribution < -0.4 is 0 Å². The molecule has 0 saturated carbocycles. The molecule has 8 nitrogen and oxygen atoms in total. The summed E-state index contributed by atoms with van der Waals surface area (Å²) in [6.07, 6.45) is 2.07. The molecule has 0 bridgehead atoms. The predicted octanol–water partition coefficient (Wildman–Crippen LogP) is 0.926. The van der Waals surface area contributed by atoms with Crippen LogP contribution in [0.25, 0.3) is 5.78 Å². The highest BCUT2D eigenvalue weighted by Crippen LogP contribution is 2.20. The Morgan fingerprint density at radius 1 is 1.15 bits per heavy atom. The van der Waals surface area contributed by atoms with Gasteiger partial charge in [-0.3, -0.25) is 9.69 Å². The van der Waals surface area contributed by atoms with Gasteiger partial charge in [-0.05, 0) is 38.7 Å². The largest absolute Gasteiger partial charge is 0.379 e. The van der Waals surface area contributed by atoms with E-state index in [0.717, 1.165) is 70.2 Å². The fourth-order valence-corrected chi connectivity index (χ4v) is 3.87. The topological polar surface area (TPSA) is 75.9 Å². The number of ether oxygens (including phenoxy) is 1. The average Bonchev–Trinajstić information content (AvgIpc) is 3.07. The molecule has 2 fully saturated rings. The second-order valence-electron chi connectivity index (χ2n) is 7.33. The number of piperidine rings is 1. The zero-order chi connectivity index (χ0) is 18.1. The number of hydrogen-bond donors (Lipinski definition) is 0. The third-order valence-corrected chi connectivity index (χ3v) is 5.33. The van der Waals surface area contributed by atoms with Crippen molar-refractivity contribution in [2.45, 2.75) is 26.7 Å². The van der Waals surface area contributed by atoms with Crippen molar-refractivity contribution in [3.05, 3.63) is 23.3 Å². The van der Waals surface area contributed by atoms with Crippen LogP contribution in [0.2, 0.25) is 0 Å². The summed E-state index contributed by atoms with van der Waals surface area (Å²) < 4.78 is 7.06. The van der Waals surface area contributed by atoms with Crippen LogP contribution in [0.1, 0.15) is 34.8 Å². The van der Waals surface area contributed by atoms with Crippen LogP contribution in [0.15, 0.2) is 6.07 Å². The van der Waals surface area contributed by atoms with Crippen molar-refractivity contribution in [2.24, 2.45) is 5.92 Å². The van der Waals surface area contributed by atoms with Gasteiger partial charge in [0.15, 0.2) is 0 Å². The Balaban J connectivity index is 1.38. The maximum atomic E-state index is 12.8. The van der Waals surface area contributed by atoms with Gasteiger partial charge >= 0.3 is 0 Å². The molecule has 140 valence electrons. The monoisotopic (exact) mass is 358 g/mol. The fraction of sp³-hybridized carbons (Fsp3) is 0.667. The number of nitrogens with zero attached hydrogens (tertiary/aromatic N) is 6. The van der Waals surface area contributed by atoms with Gasteiger partial charge in [0.25, 0.3) is 11.7 Å². The molecule has 2 aromatic rings. The highest BCUT2D eigenvalue weighted by Gasteiger charge is 2.27. The summed E-state index contributed by atoms with van der Waals surface area (Å²) in [5, 5.41) is 4.37. The smallest absolute Gasteiger partial charge is 0.293 e.